The summed E-state index contributed by atoms with van der Waals surface area (Å²) in [6.07, 6.45) is 5.94. The molecule has 1 saturated carbocycles. The predicted octanol–water partition coefficient (Wildman–Crippen LogP) is 4.32. The van der Waals surface area contributed by atoms with Gasteiger partial charge in [0.05, 0.1) is 13.5 Å². The van der Waals surface area contributed by atoms with E-state index >= 15 is 0 Å². The van der Waals surface area contributed by atoms with Crippen LogP contribution in [0.2, 0.25) is 0 Å². The lowest BCUT2D eigenvalue weighted by Crippen LogP contribution is -2.49. The SMILES string of the molecule is COc1ccc(CCN2CCC(N(CC3CC3)C(=O)Cc3ccc(F)cc3)CC2)cc1. The molecule has 31 heavy (non-hydrogen) atoms. The summed E-state index contributed by atoms with van der Waals surface area (Å²) in [6, 6.07) is 15.0. The van der Waals surface area contributed by atoms with Crippen molar-refractivity contribution in [2.24, 2.45) is 5.92 Å². The highest BCUT2D eigenvalue weighted by Crippen LogP contribution is 2.32. The topological polar surface area (TPSA) is 32.8 Å². The van der Waals surface area contributed by atoms with E-state index in [4.69, 9.17) is 4.74 Å². The molecule has 5 heteroatoms. The number of hydrogen-bond acceptors (Lipinski definition) is 3. The predicted molar refractivity (Wildman–Crippen MR) is 121 cm³/mol. The van der Waals surface area contributed by atoms with Gasteiger partial charge in [-0.3, -0.25) is 4.79 Å². The van der Waals surface area contributed by atoms with Gasteiger partial charge >= 0.3 is 0 Å². The number of ether oxygens (including phenoxy) is 1. The first-order valence-electron chi connectivity index (χ1n) is 11.5. The van der Waals surface area contributed by atoms with Crippen LogP contribution in [0.1, 0.15) is 36.8 Å². The summed E-state index contributed by atoms with van der Waals surface area (Å²) in [5.74, 6) is 1.50. The molecule has 0 radical (unpaired) electrons. The first-order valence-corrected chi connectivity index (χ1v) is 11.5. The van der Waals surface area contributed by atoms with Gasteiger partial charge in [0.15, 0.2) is 0 Å². The average Bonchev–Trinajstić information content (AvgIpc) is 3.63. The van der Waals surface area contributed by atoms with E-state index in [1.807, 2.05) is 12.1 Å². The molecule has 2 aliphatic rings. The molecule has 2 aromatic rings. The third-order valence-corrected chi connectivity index (χ3v) is 6.61. The highest BCUT2D eigenvalue weighted by molar-refractivity contribution is 5.79. The third kappa shape index (κ3) is 6.30. The second kappa shape index (κ2) is 10.3. The summed E-state index contributed by atoms with van der Waals surface area (Å²) in [6.45, 7) is 4.00. The van der Waals surface area contributed by atoms with Gasteiger partial charge < -0.3 is 14.5 Å². The Morgan fingerprint density at radius 3 is 2.26 bits per heavy atom. The highest BCUT2D eigenvalue weighted by Gasteiger charge is 2.32. The number of likely N-dealkylation sites (tertiary alicyclic amines) is 1. The van der Waals surface area contributed by atoms with Crippen LogP contribution in [0.5, 0.6) is 5.75 Å². The molecule has 0 bridgehead atoms. The Balaban J connectivity index is 1.28. The molecule has 0 unspecified atom stereocenters. The zero-order chi connectivity index (χ0) is 21.6. The van der Waals surface area contributed by atoms with Gasteiger partial charge in [-0.2, -0.15) is 0 Å². The third-order valence-electron chi connectivity index (χ3n) is 6.61. The molecule has 0 spiro atoms. The van der Waals surface area contributed by atoms with Crippen molar-refractivity contribution in [3.8, 4) is 5.75 Å². The van der Waals surface area contributed by atoms with Crippen molar-refractivity contribution in [2.75, 3.05) is 33.3 Å². The summed E-state index contributed by atoms with van der Waals surface area (Å²) in [7, 11) is 1.69. The van der Waals surface area contributed by atoms with Crippen molar-refractivity contribution in [3.05, 3.63) is 65.5 Å². The molecular weight excluding hydrogens is 391 g/mol. The summed E-state index contributed by atoms with van der Waals surface area (Å²) >= 11 is 0. The van der Waals surface area contributed by atoms with Crippen LogP contribution in [0.4, 0.5) is 4.39 Å². The Labute approximate surface area is 185 Å². The second-order valence-electron chi connectivity index (χ2n) is 8.96. The number of benzene rings is 2. The fourth-order valence-corrected chi connectivity index (χ4v) is 4.45. The lowest BCUT2D eigenvalue weighted by molar-refractivity contribution is -0.134. The molecule has 1 saturated heterocycles. The summed E-state index contributed by atoms with van der Waals surface area (Å²) in [5, 5.41) is 0. The van der Waals surface area contributed by atoms with Gasteiger partial charge in [-0.25, -0.2) is 4.39 Å². The maximum absolute atomic E-state index is 13.2. The standard InChI is InChI=1S/C26H33FN2O2/c1-31-25-10-6-20(7-11-25)12-15-28-16-13-24(14-17-28)29(19-22-2-3-22)26(30)18-21-4-8-23(27)9-5-21/h4-11,22,24H,2-3,12-19H2,1H3. The first kappa shape index (κ1) is 21.8. The van der Waals surface area contributed by atoms with Crippen molar-refractivity contribution in [3.63, 3.8) is 0 Å². The number of nitrogens with zero attached hydrogens (tertiary/aromatic N) is 2. The summed E-state index contributed by atoms with van der Waals surface area (Å²) in [5.41, 5.74) is 2.22. The van der Waals surface area contributed by atoms with Gasteiger partial charge in [0.25, 0.3) is 0 Å². The smallest absolute Gasteiger partial charge is 0.227 e. The van der Waals surface area contributed by atoms with Crippen molar-refractivity contribution in [1.29, 1.82) is 0 Å². The van der Waals surface area contributed by atoms with Gasteiger partial charge in [-0.15, -0.1) is 0 Å². The van der Waals surface area contributed by atoms with Crippen LogP contribution in [0.25, 0.3) is 0 Å². The molecule has 2 fully saturated rings. The quantitative estimate of drug-likeness (QED) is 0.601. The van der Waals surface area contributed by atoms with Gasteiger partial charge in [-0.1, -0.05) is 24.3 Å². The Morgan fingerprint density at radius 2 is 1.65 bits per heavy atom. The monoisotopic (exact) mass is 424 g/mol. The number of methoxy groups -OCH3 is 1. The van der Waals surface area contributed by atoms with E-state index in [1.54, 1.807) is 19.2 Å². The van der Waals surface area contributed by atoms with Crippen LogP contribution >= 0.6 is 0 Å². The van der Waals surface area contributed by atoms with Crippen LogP contribution in [-0.2, 0) is 17.6 Å². The Bertz CT molecular complexity index is 841. The number of carbonyl (C=O) groups is 1. The number of amides is 1. The molecule has 2 aromatic carbocycles. The molecule has 1 aliphatic carbocycles. The van der Waals surface area contributed by atoms with E-state index < -0.39 is 0 Å². The lowest BCUT2D eigenvalue weighted by atomic mass is 10.0. The van der Waals surface area contributed by atoms with Crippen LogP contribution in [-0.4, -0.2) is 55.0 Å². The minimum atomic E-state index is -0.256. The zero-order valence-electron chi connectivity index (χ0n) is 18.4. The molecule has 166 valence electrons. The van der Waals surface area contributed by atoms with Crippen LogP contribution in [0.3, 0.4) is 0 Å². The van der Waals surface area contributed by atoms with E-state index in [2.05, 4.69) is 21.9 Å². The van der Waals surface area contributed by atoms with Crippen molar-refractivity contribution in [1.82, 2.24) is 9.80 Å². The normalized spacial score (nSPS) is 17.5. The van der Waals surface area contributed by atoms with Crippen LogP contribution < -0.4 is 4.74 Å². The lowest BCUT2D eigenvalue weighted by Gasteiger charge is -2.39. The molecule has 0 atom stereocenters. The van der Waals surface area contributed by atoms with Crippen LogP contribution in [0.15, 0.2) is 48.5 Å². The molecule has 1 aliphatic heterocycles. The highest BCUT2D eigenvalue weighted by atomic mass is 19.1. The molecule has 4 nitrogen and oxygen atoms in total. The maximum atomic E-state index is 13.2. The number of hydrogen-bond donors (Lipinski definition) is 0. The van der Waals surface area contributed by atoms with E-state index in [0.717, 1.165) is 56.8 Å². The summed E-state index contributed by atoms with van der Waals surface area (Å²) < 4.78 is 18.4. The summed E-state index contributed by atoms with van der Waals surface area (Å²) in [4.78, 5) is 17.8. The number of piperidine rings is 1. The minimum Gasteiger partial charge on any atom is -0.497 e. The number of rotatable bonds is 9. The molecule has 1 amide bonds. The van der Waals surface area contributed by atoms with Crippen molar-refractivity contribution >= 4 is 5.91 Å². The molecule has 0 aromatic heterocycles. The van der Waals surface area contributed by atoms with Crippen molar-refractivity contribution < 1.29 is 13.9 Å². The molecular formula is C26H33FN2O2. The number of carbonyl (C=O) groups excluding carboxylic acids is 1. The van der Waals surface area contributed by atoms with Gasteiger partial charge in [0, 0.05) is 32.2 Å². The second-order valence-corrected chi connectivity index (χ2v) is 8.96. The fourth-order valence-electron chi connectivity index (χ4n) is 4.45. The first-order chi connectivity index (χ1) is 15.1. The Hall–Kier alpha value is -2.40. The van der Waals surface area contributed by atoms with Crippen LogP contribution in [0, 0.1) is 11.7 Å². The van der Waals surface area contributed by atoms with Gasteiger partial charge in [0.2, 0.25) is 5.91 Å². The fraction of sp³-hybridized carbons (Fsp3) is 0.500. The molecule has 4 rings (SSSR count). The van der Waals surface area contributed by atoms with E-state index in [-0.39, 0.29) is 11.7 Å². The Morgan fingerprint density at radius 1 is 1.00 bits per heavy atom. The maximum Gasteiger partial charge on any atom is 0.227 e. The van der Waals surface area contributed by atoms with E-state index in [0.29, 0.717) is 18.4 Å². The molecule has 0 N–H and O–H groups in total. The van der Waals surface area contributed by atoms with E-state index in [1.165, 1.54) is 30.5 Å². The average molecular weight is 425 g/mol. The Kier molecular flexibility index (Phi) is 7.23. The van der Waals surface area contributed by atoms with Gasteiger partial charge in [-0.05, 0) is 73.4 Å². The van der Waals surface area contributed by atoms with Gasteiger partial charge in [0.1, 0.15) is 11.6 Å². The minimum absolute atomic E-state index is 0.190. The number of halogens is 1. The van der Waals surface area contributed by atoms with Crippen molar-refractivity contribution in [2.45, 2.75) is 44.6 Å². The largest absolute Gasteiger partial charge is 0.497 e. The molecule has 1 heterocycles. The van der Waals surface area contributed by atoms with E-state index in [9.17, 15) is 9.18 Å². The zero-order valence-corrected chi connectivity index (χ0v) is 18.4.